The molecule has 0 amide bonds. The molecule has 0 aromatic heterocycles. The van der Waals surface area contributed by atoms with Crippen LogP contribution in [0.1, 0.15) is 25.8 Å². The van der Waals surface area contributed by atoms with Gasteiger partial charge in [-0.1, -0.05) is 19.9 Å². The van der Waals surface area contributed by atoms with Crippen LogP contribution in [0.15, 0.2) is 18.2 Å². The molecule has 1 aromatic carbocycles. The Kier molecular flexibility index (Phi) is 4.31. The van der Waals surface area contributed by atoms with Crippen LogP contribution in [0.2, 0.25) is 0 Å². The van der Waals surface area contributed by atoms with Crippen molar-refractivity contribution in [2.24, 2.45) is 0 Å². The summed E-state index contributed by atoms with van der Waals surface area (Å²) in [6, 6.07) is 5.53. The molecule has 2 rings (SSSR count). The summed E-state index contributed by atoms with van der Waals surface area (Å²) in [5.41, 5.74) is 0.908. The van der Waals surface area contributed by atoms with Crippen LogP contribution in [0.5, 0.6) is 11.5 Å². The molecule has 0 bridgehead atoms. The number of nitrogens with zero attached hydrogens (tertiary/aromatic N) is 1. The normalized spacial score (nSPS) is 14.1. The first-order valence-electron chi connectivity index (χ1n) is 6.43. The van der Waals surface area contributed by atoms with E-state index in [1.54, 1.807) is 0 Å². The molecule has 1 aliphatic rings. The molecule has 0 saturated carbocycles. The SMILES string of the molecule is CCCS(=O)(=O)N(CC)Cc1ccc2c(c1)OCO2. The molecule has 19 heavy (non-hydrogen) atoms. The Morgan fingerprint density at radius 1 is 1.21 bits per heavy atom. The number of rotatable bonds is 6. The van der Waals surface area contributed by atoms with Crippen molar-refractivity contribution in [1.82, 2.24) is 4.31 Å². The van der Waals surface area contributed by atoms with Gasteiger partial charge in [-0.25, -0.2) is 8.42 Å². The molecule has 0 N–H and O–H groups in total. The van der Waals surface area contributed by atoms with E-state index in [2.05, 4.69) is 0 Å². The van der Waals surface area contributed by atoms with Crippen molar-refractivity contribution >= 4 is 10.0 Å². The Labute approximate surface area is 114 Å². The summed E-state index contributed by atoms with van der Waals surface area (Å²) in [5, 5.41) is 0. The molecule has 0 aliphatic carbocycles. The van der Waals surface area contributed by atoms with Gasteiger partial charge in [-0.15, -0.1) is 0 Å². The summed E-state index contributed by atoms with van der Waals surface area (Å²) in [5.74, 6) is 1.58. The van der Waals surface area contributed by atoms with Crippen LogP contribution < -0.4 is 9.47 Å². The van der Waals surface area contributed by atoms with Gasteiger partial charge in [0.05, 0.1) is 5.75 Å². The zero-order valence-corrected chi connectivity index (χ0v) is 12.1. The molecule has 106 valence electrons. The maximum absolute atomic E-state index is 12.1. The molecule has 0 fully saturated rings. The van der Waals surface area contributed by atoms with Gasteiger partial charge in [0.15, 0.2) is 11.5 Å². The monoisotopic (exact) mass is 285 g/mol. The molecule has 1 heterocycles. The average molecular weight is 285 g/mol. The van der Waals surface area contributed by atoms with Crippen molar-refractivity contribution in [3.63, 3.8) is 0 Å². The van der Waals surface area contributed by atoms with E-state index in [0.717, 1.165) is 5.56 Å². The Hall–Kier alpha value is -1.27. The van der Waals surface area contributed by atoms with Gasteiger partial charge in [-0.3, -0.25) is 0 Å². The van der Waals surface area contributed by atoms with Crippen molar-refractivity contribution in [3.8, 4) is 11.5 Å². The van der Waals surface area contributed by atoms with E-state index in [1.807, 2.05) is 32.0 Å². The Morgan fingerprint density at radius 3 is 2.63 bits per heavy atom. The Balaban J connectivity index is 2.15. The zero-order valence-electron chi connectivity index (χ0n) is 11.3. The molecule has 6 heteroatoms. The minimum atomic E-state index is -3.17. The van der Waals surface area contributed by atoms with E-state index in [4.69, 9.17) is 9.47 Å². The van der Waals surface area contributed by atoms with Gasteiger partial charge in [0.2, 0.25) is 16.8 Å². The second-order valence-electron chi connectivity index (χ2n) is 4.43. The van der Waals surface area contributed by atoms with Crippen LogP contribution in [0, 0.1) is 0 Å². The highest BCUT2D eigenvalue weighted by atomic mass is 32.2. The Morgan fingerprint density at radius 2 is 1.95 bits per heavy atom. The first kappa shape index (κ1) is 14.1. The minimum absolute atomic E-state index is 0.186. The fourth-order valence-electron chi connectivity index (χ4n) is 2.04. The lowest BCUT2D eigenvalue weighted by atomic mass is 10.2. The van der Waals surface area contributed by atoms with Crippen molar-refractivity contribution in [3.05, 3.63) is 23.8 Å². The average Bonchev–Trinajstić information content (AvgIpc) is 2.82. The van der Waals surface area contributed by atoms with Crippen LogP contribution in [0.3, 0.4) is 0 Å². The summed E-state index contributed by atoms with van der Waals surface area (Å²) in [4.78, 5) is 0. The second-order valence-corrected chi connectivity index (χ2v) is 6.52. The number of sulfonamides is 1. The third kappa shape index (κ3) is 3.19. The highest BCUT2D eigenvalue weighted by molar-refractivity contribution is 7.89. The van der Waals surface area contributed by atoms with Crippen LogP contribution in [0.4, 0.5) is 0 Å². The molecule has 0 unspecified atom stereocenters. The highest BCUT2D eigenvalue weighted by Gasteiger charge is 2.21. The van der Waals surface area contributed by atoms with Gasteiger partial charge < -0.3 is 9.47 Å². The highest BCUT2D eigenvalue weighted by Crippen LogP contribution is 2.32. The third-order valence-electron chi connectivity index (χ3n) is 3.00. The van der Waals surface area contributed by atoms with Crippen molar-refractivity contribution in [1.29, 1.82) is 0 Å². The number of hydrogen-bond donors (Lipinski definition) is 0. The lowest BCUT2D eigenvalue weighted by Crippen LogP contribution is -2.32. The maximum Gasteiger partial charge on any atom is 0.231 e. The van der Waals surface area contributed by atoms with E-state index in [-0.39, 0.29) is 12.5 Å². The van der Waals surface area contributed by atoms with E-state index in [9.17, 15) is 8.42 Å². The zero-order chi connectivity index (χ0) is 13.9. The number of hydrogen-bond acceptors (Lipinski definition) is 4. The summed E-state index contributed by atoms with van der Waals surface area (Å²) >= 11 is 0. The molecule has 0 atom stereocenters. The van der Waals surface area contributed by atoms with Crippen molar-refractivity contribution in [2.45, 2.75) is 26.8 Å². The van der Waals surface area contributed by atoms with Gasteiger partial charge in [0.25, 0.3) is 0 Å². The van der Waals surface area contributed by atoms with Crippen molar-refractivity contribution < 1.29 is 17.9 Å². The minimum Gasteiger partial charge on any atom is -0.454 e. The topological polar surface area (TPSA) is 55.8 Å². The van der Waals surface area contributed by atoms with Crippen molar-refractivity contribution in [2.75, 3.05) is 19.1 Å². The van der Waals surface area contributed by atoms with Crippen LogP contribution in [-0.4, -0.2) is 31.8 Å². The third-order valence-corrected chi connectivity index (χ3v) is 5.10. The molecule has 0 spiro atoms. The lowest BCUT2D eigenvalue weighted by molar-refractivity contribution is 0.174. The van der Waals surface area contributed by atoms with E-state index < -0.39 is 10.0 Å². The lowest BCUT2D eigenvalue weighted by Gasteiger charge is -2.20. The first-order chi connectivity index (χ1) is 9.06. The predicted octanol–water partition coefficient (Wildman–Crippen LogP) is 1.98. The molecule has 0 radical (unpaired) electrons. The fourth-order valence-corrected chi connectivity index (χ4v) is 3.55. The van der Waals surface area contributed by atoms with Crippen LogP contribution in [0.25, 0.3) is 0 Å². The number of ether oxygens (including phenoxy) is 2. The fraction of sp³-hybridized carbons (Fsp3) is 0.538. The number of fused-ring (bicyclic) bond motifs is 1. The summed E-state index contributed by atoms with van der Waals surface area (Å²) in [6.07, 6.45) is 0.625. The molecule has 0 saturated heterocycles. The molecule has 1 aliphatic heterocycles. The van der Waals surface area contributed by atoms with E-state index >= 15 is 0 Å². The van der Waals surface area contributed by atoms with Gasteiger partial charge in [0, 0.05) is 13.1 Å². The molecular weight excluding hydrogens is 266 g/mol. The molecular formula is C13H19NO4S. The second kappa shape index (κ2) is 5.79. The van der Waals surface area contributed by atoms with Gasteiger partial charge >= 0.3 is 0 Å². The number of benzene rings is 1. The van der Waals surface area contributed by atoms with Crippen LogP contribution >= 0.6 is 0 Å². The quantitative estimate of drug-likeness (QED) is 0.802. The first-order valence-corrected chi connectivity index (χ1v) is 8.04. The van der Waals surface area contributed by atoms with Gasteiger partial charge in [0.1, 0.15) is 0 Å². The van der Waals surface area contributed by atoms with E-state index in [0.29, 0.717) is 31.0 Å². The van der Waals surface area contributed by atoms with Gasteiger partial charge in [-0.2, -0.15) is 4.31 Å². The summed E-state index contributed by atoms with van der Waals surface area (Å²) in [7, 11) is -3.17. The standard InChI is InChI=1S/C13H19NO4S/c1-3-7-19(15,16)14(4-2)9-11-5-6-12-13(8-11)18-10-17-12/h5-6,8H,3-4,7,9-10H2,1-2H3. The predicted molar refractivity (Wildman–Crippen MR) is 72.7 cm³/mol. The summed E-state index contributed by atoms with van der Waals surface area (Å²) in [6.45, 7) is 4.78. The smallest absolute Gasteiger partial charge is 0.231 e. The molecule has 5 nitrogen and oxygen atoms in total. The summed E-state index contributed by atoms with van der Waals surface area (Å²) < 4.78 is 36.2. The van der Waals surface area contributed by atoms with E-state index in [1.165, 1.54) is 4.31 Å². The Bertz CT molecular complexity index is 542. The maximum atomic E-state index is 12.1. The van der Waals surface area contributed by atoms with Crippen LogP contribution in [-0.2, 0) is 16.6 Å². The molecule has 1 aromatic rings. The van der Waals surface area contributed by atoms with Gasteiger partial charge in [-0.05, 0) is 24.1 Å². The largest absolute Gasteiger partial charge is 0.454 e.